The summed E-state index contributed by atoms with van der Waals surface area (Å²) in [6.45, 7) is -0.546. The van der Waals surface area contributed by atoms with Crippen LogP contribution in [0.1, 0.15) is 10.4 Å². The second-order valence-corrected chi connectivity index (χ2v) is 2.87. The number of benzene rings is 1. The molecule has 0 atom stereocenters. The number of nitrogens with zero attached hydrogens (tertiary/aromatic N) is 1. The Labute approximate surface area is 92.6 Å². The number of carbonyl (C=O) groups excluding carboxylic acids is 2. The highest BCUT2D eigenvalue weighted by molar-refractivity contribution is 5.95. The summed E-state index contributed by atoms with van der Waals surface area (Å²) in [6, 6.07) is 10.2. The Kier molecular flexibility index (Phi) is 4.54. The Morgan fingerprint density at radius 1 is 1.31 bits per heavy atom. The summed E-state index contributed by atoms with van der Waals surface area (Å²) in [5, 5.41) is 10.5. The van der Waals surface area contributed by atoms with Crippen LogP contribution >= 0.6 is 0 Å². The minimum absolute atomic E-state index is 0.241. The zero-order valence-corrected chi connectivity index (χ0v) is 8.47. The van der Waals surface area contributed by atoms with E-state index < -0.39 is 5.97 Å². The van der Waals surface area contributed by atoms with Crippen molar-refractivity contribution in [3.63, 3.8) is 0 Å². The van der Waals surface area contributed by atoms with E-state index in [-0.39, 0.29) is 19.1 Å². The van der Waals surface area contributed by atoms with Gasteiger partial charge in [0.05, 0.1) is 0 Å². The molecule has 1 amide bonds. The molecule has 0 saturated carbocycles. The average molecular weight is 218 g/mol. The lowest BCUT2D eigenvalue weighted by Crippen LogP contribution is -2.30. The van der Waals surface area contributed by atoms with Crippen LogP contribution in [-0.2, 0) is 9.53 Å². The van der Waals surface area contributed by atoms with E-state index in [2.05, 4.69) is 10.1 Å². The number of ether oxygens (including phenoxy) is 1. The first-order valence-corrected chi connectivity index (χ1v) is 4.60. The molecule has 82 valence electrons. The topological polar surface area (TPSA) is 79.2 Å². The van der Waals surface area contributed by atoms with Crippen molar-refractivity contribution in [1.82, 2.24) is 5.32 Å². The first kappa shape index (κ1) is 11.7. The molecule has 0 aromatic heterocycles. The number of hydrogen-bond donors (Lipinski definition) is 1. The number of rotatable bonds is 4. The molecule has 0 radical (unpaired) electrons. The van der Waals surface area contributed by atoms with Gasteiger partial charge in [0.25, 0.3) is 5.91 Å². The summed E-state index contributed by atoms with van der Waals surface area (Å²) in [6.07, 6.45) is 0. The Bertz CT molecular complexity index is 409. The molecule has 0 spiro atoms. The fourth-order valence-corrected chi connectivity index (χ4v) is 1.01. The molecule has 0 aliphatic carbocycles. The summed E-state index contributed by atoms with van der Waals surface area (Å²) in [4.78, 5) is 22.4. The molecule has 16 heavy (non-hydrogen) atoms. The van der Waals surface area contributed by atoms with Gasteiger partial charge in [0.2, 0.25) is 0 Å². The molecule has 0 fully saturated rings. The molecule has 0 aliphatic heterocycles. The molecule has 1 aromatic rings. The van der Waals surface area contributed by atoms with Crippen LogP contribution in [0.2, 0.25) is 0 Å². The fraction of sp³-hybridized carbons (Fsp3) is 0.182. The smallest absolute Gasteiger partial charge is 0.326 e. The van der Waals surface area contributed by atoms with E-state index >= 15 is 0 Å². The van der Waals surface area contributed by atoms with Crippen molar-refractivity contribution in [2.24, 2.45) is 0 Å². The van der Waals surface area contributed by atoms with Gasteiger partial charge in [0.1, 0.15) is 12.6 Å². The lowest BCUT2D eigenvalue weighted by atomic mass is 10.2. The Balaban J connectivity index is 2.37. The SMILES string of the molecule is N#CCOC(=O)CNC(=O)c1ccccc1. The van der Waals surface area contributed by atoms with Gasteiger partial charge in [-0.3, -0.25) is 9.59 Å². The molecule has 1 aromatic carbocycles. The number of hydrogen-bond acceptors (Lipinski definition) is 4. The van der Waals surface area contributed by atoms with E-state index in [0.29, 0.717) is 5.56 Å². The molecule has 5 nitrogen and oxygen atoms in total. The average Bonchev–Trinajstić information content (AvgIpc) is 2.34. The maximum atomic E-state index is 11.4. The highest BCUT2D eigenvalue weighted by Crippen LogP contribution is 1.97. The van der Waals surface area contributed by atoms with E-state index in [1.807, 2.05) is 0 Å². The minimum Gasteiger partial charge on any atom is -0.449 e. The molecular formula is C11H10N2O3. The predicted octanol–water partition coefficient (Wildman–Crippen LogP) is 0.483. The number of esters is 1. The van der Waals surface area contributed by atoms with Crippen molar-refractivity contribution in [2.45, 2.75) is 0 Å². The number of nitriles is 1. The van der Waals surface area contributed by atoms with E-state index in [1.165, 1.54) is 0 Å². The van der Waals surface area contributed by atoms with Crippen LogP contribution in [0.5, 0.6) is 0 Å². The van der Waals surface area contributed by atoms with Gasteiger partial charge in [-0.15, -0.1) is 0 Å². The van der Waals surface area contributed by atoms with Gasteiger partial charge in [-0.1, -0.05) is 18.2 Å². The number of carbonyl (C=O) groups is 2. The van der Waals surface area contributed by atoms with Gasteiger partial charge >= 0.3 is 5.97 Å². The summed E-state index contributed by atoms with van der Waals surface area (Å²) in [5.41, 5.74) is 0.468. The highest BCUT2D eigenvalue weighted by atomic mass is 16.5. The Morgan fingerprint density at radius 3 is 2.62 bits per heavy atom. The zero-order chi connectivity index (χ0) is 11.8. The zero-order valence-electron chi connectivity index (χ0n) is 8.47. The largest absolute Gasteiger partial charge is 0.449 e. The lowest BCUT2D eigenvalue weighted by Gasteiger charge is -2.03. The summed E-state index contributed by atoms with van der Waals surface area (Å²) >= 11 is 0. The quantitative estimate of drug-likeness (QED) is 0.745. The summed E-state index contributed by atoms with van der Waals surface area (Å²) < 4.78 is 4.46. The maximum Gasteiger partial charge on any atom is 0.326 e. The van der Waals surface area contributed by atoms with Crippen LogP contribution in [0.15, 0.2) is 30.3 Å². The number of nitrogens with one attached hydrogen (secondary N) is 1. The van der Waals surface area contributed by atoms with Crippen LogP contribution in [0.25, 0.3) is 0 Å². The maximum absolute atomic E-state index is 11.4. The third-order valence-corrected chi connectivity index (χ3v) is 1.73. The van der Waals surface area contributed by atoms with Crippen molar-refractivity contribution in [3.8, 4) is 6.07 Å². The van der Waals surface area contributed by atoms with Crippen molar-refractivity contribution in [1.29, 1.82) is 5.26 Å². The molecule has 1 N–H and O–H groups in total. The van der Waals surface area contributed by atoms with Gasteiger partial charge in [0.15, 0.2) is 6.61 Å². The van der Waals surface area contributed by atoms with E-state index in [1.54, 1.807) is 36.4 Å². The third kappa shape index (κ3) is 3.80. The lowest BCUT2D eigenvalue weighted by molar-refractivity contribution is -0.140. The Hall–Kier alpha value is -2.35. The summed E-state index contributed by atoms with van der Waals surface area (Å²) in [5.74, 6) is -0.986. The van der Waals surface area contributed by atoms with E-state index in [4.69, 9.17) is 5.26 Å². The van der Waals surface area contributed by atoms with Crippen molar-refractivity contribution in [2.75, 3.05) is 13.2 Å². The van der Waals surface area contributed by atoms with Crippen molar-refractivity contribution < 1.29 is 14.3 Å². The Morgan fingerprint density at radius 2 is 2.00 bits per heavy atom. The molecule has 0 bridgehead atoms. The summed E-state index contributed by atoms with van der Waals surface area (Å²) in [7, 11) is 0. The van der Waals surface area contributed by atoms with Gasteiger partial charge in [-0.25, -0.2) is 0 Å². The van der Waals surface area contributed by atoms with Gasteiger partial charge in [-0.05, 0) is 12.1 Å². The van der Waals surface area contributed by atoms with E-state index in [9.17, 15) is 9.59 Å². The van der Waals surface area contributed by atoms with Gasteiger partial charge < -0.3 is 10.1 Å². The van der Waals surface area contributed by atoms with E-state index in [0.717, 1.165) is 0 Å². The van der Waals surface area contributed by atoms with Crippen molar-refractivity contribution in [3.05, 3.63) is 35.9 Å². The van der Waals surface area contributed by atoms with Gasteiger partial charge in [-0.2, -0.15) is 5.26 Å². The molecule has 5 heteroatoms. The highest BCUT2D eigenvalue weighted by Gasteiger charge is 2.07. The van der Waals surface area contributed by atoms with Gasteiger partial charge in [0, 0.05) is 5.56 Å². The first-order chi connectivity index (χ1) is 7.74. The van der Waals surface area contributed by atoms with Crippen LogP contribution in [0.4, 0.5) is 0 Å². The van der Waals surface area contributed by atoms with Crippen LogP contribution in [0.3, 0.4) is 0 Å². The van der Waals surface area contributed by atoms with Crippen LogP contribution in [-0.4, -0.2) is 25.0 Å². The molecule has 1 rings (SSSR count). The normalized spacial score (nSPS) is 8.94. The molecular weight excluding hydrogens is 208 g/mol. The molecule has 0 saturated heterocycles. The first-order valence-electron chi connectivity index (χ1n) is 4.60. The standard InChI is InChI=1S/C11H10N2O3/c12-6-7-16-10(14)8-13-11(15)9-4-2-1-3-5-9/h1-5H,7-8H2,(H,13,15). The fourth-order valence-electron chi connectivity index (χ4n) is 1.01. The molecule has 0 unspecified atom stereocenters. The third-order valence-electron chi connectivity index (χ3n) is 1.73. The molecule has 0 aliphatic rings. The second-order valence-electron chi connectivity index (χ2n) is 2.87. The minimum atomic E-state index is -0.633. The van der Waals surface area contributed by atoms with Crippen LogP contribution in [0, 0.1) is 11.3 Å². The van der Waals surface area contributed by atoms with Crippen LogP contribution < -0.4 is 5.32 Å². The number of amides is 1. The van der Waals surface area contributed by atoms with Crippen molar-refractivity contribution >= 4 is 11.9 Å². The monoisotopic (exact) mass is 218 g/mol. The predicted molar refractivity (Wildman–Crippen MR) is 55.3 cm³/mol. The second kappa shape index (κ2) is 6.19. The molecule has 0 heterocycles.